The van der Waals surface area contributed by atoms with Crippen molar-refractivity contribution in [3.8, 4) is 0 Å². The fourth-order valence-electron chi connectivity index (χ4n) is 2.55. The first kappa shape index (κ1) is 17.8. The molecule has 3 rings (SSSR count). The second-order valence-corrected chi connectivity index (χ2v) is 6.94. The molecule has 0 unspecified atom stereocenters. The molecule has 2 aliphatic rings. The summed E-state index contributed by atoms with van der Waals surface area (Å²) in [6.45, 7) is 1.21. The van der Waals surface area contributed by atoms with E-state index in [1.54, 1.807) is 0 Å². The number of nitrogens with one attached hydrogen (secondary N) is 2. The quantitative estimate of drug-likeness (QED) is 0.833. The summed E-state index contributed by atoms with van der Waals surface area (Å²) in [6.07, 6.45) is 1.91. The van der Waals surface area contributed by atoms with Crippen molar-refractivity contribution >= 4 is 34.4 Å². The molecule has 0 spiro atoms. The van der Waals surface area contributed by atoms with E-state index >= 15 is 0 Å². The van der Waals surface area contributed by atoms with Crippen LogP contribution in [0.25, 0.3) is 0 Å². The van der Waals surface area contributed by atoms with Crippen LogP contribution in [0.5, 0.6) is 0 Å². The molecule has 0 saturated carbocycles. The summed E-state index contributed by atoms with van der Waals surface area (Å²) < 4.78 is 31.9. The van der Waals surface area contributed by atoms with E-state index in [-0.39, 0.29) is 24.1 Å². The number of amidine groups is 1. The zero-order valence-corrected chi connectivity index (χ0v) is 14.1. The summed E-state index contributed by atoms with van der Waals surface area (Å²) >= 11 is 1.17. The summed E-state index contributed by atoms with van der Waals surface area (Å²) in [7, 11) is 0. The van der Waals surface area contributed by atoms with Gasteiger partial charge in [-0.25, -0.2) is 8.78 Å². The maximum absolute atomic E-state index is 13.5. The molecule has 2 heterocycles. The molecule has 6 nitrogen and oxygen atoms in total. The number of aliphatic imine (C=N–C) groups is 1. The van der Waals surface area contributed by atoms with Gasteiger partial charge in [-0.2, -0.15) is 0 Å². The normalized spacial score (nSPS) is 24.6. The molecule has 0 aliphatic carbocycles. The number of anilines is 1. The van der Waals surface area contributed by atoms with Crippen LogP contribution >= 0.6 is 11.8 Å². The minimum atomic E-state index is -0.865. The van der Waals surface area contributed by atoms with Gasteiger partial charge in [0.15, 0.2) is 5.17 Å². The third-order valence-corrected chi connectivity index (χ3v) is 4.93. The SMILES string of the molecule is O=C(C[C@@H]1SC(=NC[C@H]2CCCO2)NC1=O)Nc1ccc(F)cc1F. The monoisotopic (exact) mass is 369 g/mol. The molecule has 0 aromatic heterocycles. The summed E-state index contributed by atoms with van der Waals surface area (Å²) in [6, 6.07) is 2.87. The molecular weight excluding hydrogens is 352 g/mol. The number of hydrogen-bond donors (Lipinski definition) is 2. The van der Waals surface area contributed by atoms with Crippen LogP contribution in [0, 0.1) is 11.6 Å². The topological polar surface area (TPSA) is 79.8 Å². The lowest BCUT2D eigenvalue weighted by Crippen LogP contribution is -2.28. The predicted octanol–water partition coefficient (Wildman–Crippen LogP) is 2.06. The van der Waals surface area contributed by atoms with Crippen LogP contribution in [-0.4, -0.2) is 41.5 Å². The molecule has 1 aromatic carbocycles. The molecule has 2 saturated heterocycles. The van der Waals surface area contributed by atoms with Crippen molar-refractivity contribution in [3.05, 3.63) is 29.8 Å². The Labute approximate surface area is 147 Å². The molecule has 2 fully saturated rings. The van der Waals surface area contributed by atoms with E-state index in [0.29, 0.717) is 17.8 Å². The maximum atomic E-state index is 13.5. The molecule has 1 aromatic rings. The average Bonchev–Trinajstić information content (AvgIpc) is 3.18. The Hall–Kier alpha value is -2.00. The maximum Gasteiger partial charge on any atom is 0.240 e. The smallest absolute Gasteiger partial charge is 0.240 e. The van der Waals surface area contributed by atoms with Gasteiger partial charge >= 0.3 is 0 Å². The van der Waals surface area contributed by atoms with Gasteiger partial charge in [0.05, 0.1) is 18.3 Å². The number of amides is 2. The molecular formula is C16H17F2N3O3S. The molecule has 2 N–H and O–H groups in total. The first-order valence-electron chi connectivity index (χ1n) is 7.90. The third kappa shape index (κ3) is 4.76. The first-order chi connectivity index (χ1) is 12.0. The van der Waals surface area contributed by atoms with Crippen LogP contribution in [0.3, 0.4) is 0 Å². The Balaban J connectivity index is 1.52. The Kier molecular flexibility index (Phi) is 5.64. The Bertz CT molecular complexity index is 708. The van der Waals surface area contributed by atoms with Crippen molar-refractivity contribution in [3.63, 3.8) is 0 Å². The zero-order valence-electron chi connectivity index (χ0n) is 13.3. The number of nitrogens with zero attached hydrogens (tertiary/aromatic N) is 1. The van der Waals surface area contributed by atoms with Gasteiger partial charge in [0.1, 0.15) is 16.9 Å². The van der Waals surface area contributed by atoms with Crippen LogP contribution in [0.4, 0.5) is 14.5 Å². The minimum absolute atomic E-state index is 0.0776. The van der Waals surface area contributed by atoms with E-state index in [1.165, 1.54) is 11.8 Å². The van der Waals surface area contributed by atoms with Crippen LogP contribution < -0.4 is 10.6 Å². The van der Waals surface area contributed by atoms with E-state index in [4.69, 9.17) is 4.74 Å². The first-order valence-corrected chi connectivity index (χ1v) is 8.77. The van der Waals surface area contributed by atoms with Crippen molar-refractivity contribution in [2.75, 3.05) is 18.5 Å². The van der Waals surface area contributed by atoms with Gasteiger partial charge in [-0.1, -0.05) is 11.8 Å². The molecule has 2 atom stereocenters. The van der Waals surface area contributed by atoms with Crippen LogP contribution in [0.15, 0.2) is 23.2 Å². The highest BCUT2D eigenvalue weighted by atomic mass is 32.2. The molecule has 2 amide bonds. The number of benzene rings is 1. The number of halogens is 2. The van der Waals surface area contributed by atoms with Gasteiger partial charge in [-0.3, -0.25) is 14.6 Å². The van der Waals surface area contributed by atoms with Crippen molar-refractivity contribution in [2.45, 2.75) is 30.6 Å². The second kappa shape index (κ2) is 7.92. The standard InChI is InChI=1S/C16H17F2N3O3S/c17-9-3-4-12(11(18)6-9)20-14(22)7-13-15(23)21-16(25-13)19-8-10-2-1-5-24-10/h3-4,6,10,13H,1-2,5,7-8H2,(H,20,22)(H,19,21,23)/t10-,13+/m1/s1. The Morgan fingerprint density at radius 2 is 2.28 bits per heavy atom. The van der Waals surface area contributed by atoms with E-state index in [0.717, 1.165) is 31.6 Å². The highest BCUT2D eigenvalue weighted by Gasteiger charge is 2.32. The number of carbonyl (C=O) groups is 2. The number of thioether (sulfide) groups is 1. The average molecular weight is 369 g/mol. The summed E-state index contributed by atoms with van der Waals surface area (Å²) in [4.78, 5) is 28.2. The van der Waals surface area contributed by atoms with Crippen LogP contribution in [-0.2, 0) is 14.3 Å². The largest absolute Gasteiger partial charge is 0.376 e. The lowest BCUT2D eigenvalue weighted by atomic mass is 10.2. The van der Waals surface area contributed by atoms with E-state index < -0.39 is 22.8 Å². The fraction of sp³-hybridized carbons (Fsp3) is 0.438. The third-order valence-electron chi connectivity index (χ3n) is 3.81. The highest BCUT2D eigenvalue weighted by molar-refractivity contribution is 8.15. The lowest BCUT2D eigenvalue weighted by molar-refractivity contribution is -0.122. The van der Waals surface area contributed by atoms with Crippen molar-refractivity contribution < 1.29 is 23.1 Å². The fourth-order valence-corrected chi connectivity index (χ4v) is 3.53. The van der Waals surface area contributed by atoms with Crippen LogP contribution in [0.2, 0.25) is 0 Å². The highest BCUT2D eigenvalue weighted by Crippen LogP contribution is 2.24. The number of rotatable bonds is 5. The van der Waals surface area contributed by atoms with Gasteiger partial charge in [-0.15, -0.1) is 0 Å². The Morgan fingerprint density at radius 1 is 1.44 bits per heavy atom. The summed E-state index contributed by atoms with van der Waals surface area (Å²) in [5.41, 5.74) is -0.123. The van der Waals surface area contributed by atoms with Crippen LogP contribution in [0.1, 0.15) is 19.3 Å². The number of ether oxygens (including phenoxy) is 1. The molecule has 0 bridgehead atoms. The van der Waals surface area contributed by atoms with Gasteiger partial charge in [-0.05, 0) is 25.0 Å². The van der Waals surface area contributed by atoms with Crippen molar-refractivity contribution in [1.82, 2.24) is 5.32 Å². The lowest BCUT2D eigenvalue weighted by Gasteiger charge is -2.08. The van der Waals surface area contributed by atoms with E-state index in [9.17, 15) is 18.4 Å². The Morgan fingerprint density at radius 3 is 3.00 bits per heavy atom. The number of hydrogen-bond acceptors (Lipinski definition) is 5. The van der Waals surface area contributed by atoms with E-state index in [2.05, 4.69) is 15.6 Å². The van der Waals surface area contributed by atoms with Gasteiger partial charge in [0.25, 0.3) is 0 Å². The molecule has 2 aliphatic heterocycles. The minimum Gasteiger partial charge on any atom is -0.376 e. The predicted molar refractivity (Wildman–Crippen MR) is 90.4 cm³/mol. The number of carbonyl (C=O) groups excluding carboxylic acids is 2. The zero-order chi connectivity index (χ0) is 17.8. The van der Waals surface area contributed by atoms with Crippen molar-refractivity contribution in [2.24, 2.45) is 4.99 Å². The van der Waals surface area contributed by atoms with Gasteiger partial charge in [0, 0.05) is 19.1 Å². The van der Waals surface area contributed by atoms with E-state index in [1.807, 2.05) is 0 Å². The van der Waals surface area contributed by atoms with Gasteiger partial charge in [0.2, 0.25) is 11.8 Å². The van der Waals surface area contributed by atoms with Gasteiger partial charge < -0.3 is 15.4 Å². The second-order valence-electron chi connectivity index (χ2n) is 5.75. The molecule has 0 radical (unpaired) electrons. The molecule has 9 heteroatoms. The summed E-state index contributed by atoms with van der Waals surface area (Å²) in [5, 5.41) is 4.80. The molecule has 25 heavy (non-hydrogen) atoms. The molecule has 134 valence electrons. The van der Waals surface area contributed by atoms with Crippen molar-refractivity contribution in [1.29, 1.82) is 0 Å². The summed E-state index contributed by atoms with van der Waals surface area (Å²) in [5.74, 6) is -2.44.